The number of carbonyl (C=O) groups is 1. The van der Waals surface area contributed by atoms with Crippen LogP contribution in [0.1, 0.15) is 30.6 Å². The maximum atomic E-state index is 12.2. The summed E-state index contributed by atoms with van der Waals surface area (Å²) in [5, 5.41) is 2.07. The van der Waals surface area contributed by atoms with Crippen LogP contribution in [0.4, 0.5) is 0 Å². The molecule has 1 heterocycles. The molecular formula is C13H20N2OS. The lowest BCUT2D eigenvalue weighted by Gasteiger charge is -2.28. The van der Waals surface area contributed by atoms with Crippen LogP contribution in [0.5, 0.6) is 0 Å². The normalized spacial score (nSPS) is 18.2. The van der Waals surface area contributed by atoms with Gasteiger partial charge in [0.2, 0.25) is 5.91 Å². The van der Waals surface area contributed by atoms with Crippen LogP contribution in [0, 0.1) is 0 Å². The van der Waals surface area contributed by atoms with E-state index in [2.05, 4.69) is 11.4 Å². The molecule has 1 aromatic heterocycles. The second-order valence-electron chi connectivity index (χ2n) is 4.92. The van der Waals surface area contributed by atoms with Gasteiger partial charge in [0.25, 0.3) is 0 Å². The number of nitrogens with zero attached hydrogens (tertiary/aromatic N) is 1. The fourth-order valence-corrected chi connectivity index (χ4v) is 3.13. The Kier molecular flexibility index (Phi) is 3.84. The number of hydrogen-bond acceptors (Lipinski definition) is 3. The lowest BCUT2D eigenvalue weighted by atomic mass is 9.97. The molecule has 1 aliphatic rings. The van der Waals surface area contributed by atoms with Crippen LogP contribution in [-0.4, -0.2) is 29.9 Å². The van der Waals surface area contributed by atoms with E-state index in [1.54, 1.807) is 16.2 Å². The third kappa shape index (κ3) is 2.87. The molecule has 1 fully saturated rings. The Balaban J connectivity index is 1.87. The summed E-state index contributed by atoms with van der Waals surface area (Å²) in [6, 6.07) is 4.15. The molecule has 0 spiro atoms. The first kappa shape index (κ1) is 12.6. The second-order valence-corrected chi connectivity index (χ2v) is 5.95. The molecule has 94 valence electrons. The highest BCUT2D eigenvalue weighted by Gasteiger charge is 2.38. The third-order valence-electron chi connectivity index (χ3n) is 3.54. The Labute approximate surface area is 107 Å². The van der Waals surface area contributed by atoms with Gasteiger partial charge in [-0.15, -0.1) is 11.3 Å². The zero-order chi connectivity index (χ0) is 12.3. The first-order valence-electron chi connectivity index (χ1n) is 6.19. The largest absolute Gasteiger partial charge is 0.344 e. The van der Waals surface area contributed by atoms with E-state index in [-0.39, 0.29) is 5.91 Å². The zero-order valence-electron chi connectivity index (χ0n) is 10.3. The Hall–Kier alpha value is -0.870. The van der Waals surface area contributed by atoms with E-state index in [1.165, 1.54) is 4.88 Å². The molecule has 1 aromatic rings. The van der Waals surface area contributed by atoms with Crippen molar-refractivity contribution in [2.45, 2.75) is 37.6 Å². The molecule has 0 aliphatic heterocycles. The van der Waals surface area contributed by atoms with Gasteiger partial charge in [0.05, 0.1) is 5.54 Å². The summed E-state index contributed by atoms with van der Waals surface area (Å²) in [6.07, 6.45) is 4.78. The van der Waals surface area contributed by atoms with Gasteiger partial charge in [-0.25, -0.2) is 0 Å². The minimum atomic E-state index is -0.579. The van der Waals surface area contributed by atoms with Gasteiger partial charge in [-0.1, -0.05) is 18.9 Å². The van der Waals surface area contributed by atoms with Gasteiger partial charge in [0.1, 0.15) is 0 Å². The highest BCUT2D eigenvalue weighted by molar-refractivity contribution is 7.09. The summed E-state index contributed by atoms with van der Waals surface area (Å²) in [7, 11) is 1.86. The van der Waals surface area contributed by atoms with Crippen molar-refractivity contribution in [2.24, 2.45) is 5.73 Å². The van der Waals surface area contributed by atoms with Crippen molar-refractivity contribution >= 4 is 17.2 Å². The van der Waals surface area contributed by atoms with Crippen molar-refractivity contribution in [2.75, 3.05) is 13.6 Å². The van der Waals surface area contributed by atoms with Crippen molar-refractivity contribution in [3.63, 3.8) is 0 Å². The van der Waals surface area contributed by atoms with E-state index in [0.717, 1.165) is 38.6 Å². The van der Waals surface area contributed by atoms with Crippen molar-refractivity contribution < 1.29 is 4.79 Å². The van der Waals surface area contributed by atoms with Gasteiger partial charge in [-0.2, -0.15) is 0 Å². The van der Waals surface area contributed by atoms with Crippen LogP contribution < -0.4 is 5.73 Å². The maximum Gasteiger partial charge on any atom is 0.242 e. The molecule has 0 saturated heterocycles. The van der Waals surface area contributed by atoms with Crippen molar-refractivity contribution in [3.05, 3.63) is 22.4 Å². The number of hydrogen-bond donors (Lipinski definition) is 1. The van der Waals surface area contributed by atoms with Crippen molar-refractivity contribution in [3.8, 4) is 0 Å². The summed E-state index contributed by atoms with van der Waals surface area (Å²) >= 11 is 1.74. The molecule has 3 nitrogen and oxygen atoms in total. The van der Waals surface area contributed by atoms with E-state index in [9.17, 15) is 4.79 Å². The predicted octanol–water partition coefficient (Wildman–Crippen LogP) is 2.02. The fraction of sp³-hybridized carbons (Fsp3) is 0.615. The molecule has 17 heavy (non-hydrogen) atoms. The van der Waals surface area contributed by atoms with Crippen LogP contribution >= 0.6 is 11.3 Å². The Bertz CT molecular complexity index is 369. The molecular weight excluding hydrogens is 232 g/mol. The Morgan fingerprint density at radius 1 is 1.53 bits per heavy atom. The predicted molar refractivity (Wildman–Crippen MR) is 71.0 cm³/mol. The maximum absolute atomic E-state index is 12.2. The Morgan fingerprint density at radius 2 is 2.24 bits per heavy atom. The number of nitrogens with two attached hydrogens (primary N) is 1. The minimum Gasteiger partial charge on any atom is -0.344 e. The summed E-state index contributed by atoms with van der Waals surface area (Å²) in [4.78, 5) is 15.3. The molecule has 1 aliphatic carbocycles. The van der Waals surface area contributed by atoms with E-state index in [4.69, 9.17) is 5.73 Å². The van der Waals surface area contributed by atoms with Gasteiger partial charge >= 0.3 is 0 Å². The molecule has 1 amide bonds. The number of thiophene rings is 1. The smallest absolute Gasteiger partial charge is 0.242 e. The molecule has 0 unspecified atom stereocenters. The van der Waals surface area contributed by atoms with Gasteiger partial charge in [0, 0.05) is 18.5 Å². The zero-order valence-corrected chi connectivity index (χ0v) is 11.1. The lowest BCUT2D eigenvalue weighted by molar-refractivity contribution is -0.135. The van der Waals surface area contributed by atoms with Crippen LogP contribution in [0.25, 0.3) is 0 Å². The average Bonchev–Trinajstić information content (AvgIpc) is 2.96. The lowest BCUT2D eigenvalue weighted by Crippen LogP contribution is -2.52. The first-order chi connectivity index (χ1) is 8.12. The standard InChI is InChI=1S/C13H20N2OS/c1-15(9-6-11-5-4-10-17-11)12(16)13(14)7-2-3-8-13/h4-5,10H,2-3,6-9,14H2,1H3. The number of carbonyl (C=O) groups excluding carboxylic acids is 1. The quantitative estimate of drug-likeness (QED) is 0.891. The summed E-state index contributed by atoms with van der Waals surface area (Å²) in [6.45, 7) is 0.762. The number of likely N-dealkylation sites (N-methyl/N-ethyl adjacent to an activating group) is 1. The first-order valence-corrected chi connectivity index (χ1v) is 7.07. The second kappa shape index (κ2) is 5.19. The van der Waals surface area contributed by atoms with E-state index < -0.39 is 5.54 Å². The highest BCUT2D eigenvalue weighted by atomic mass is 32.1. The van der Waals surface area contributed by atoms with Gasteiger partial charge in [0.15, 0.2) is 0 Å². The number of amides is 1. The van der Waals surface area contributed by atoms with Crippen LogP contribution in [0.2, 0.25) is 0 Å². The van der Waals surface area contributed by atoms with Crippen LogP contribution in [-0.2, 0) is 11.2 Å². The fourth-order valence-electron chi connectivity index (χ4n) is 2.43. The minimum absolute atomic E-state index is 0.117. The SMILES string of the molecule is CN(CCc1cccs1)C(=O)C1(N)CCCC1. The number of rotatable bonds is 4. The van der Waals surface area contributed by atoms with Crippen molar-refractivity contribution in [1.82, 2.24) is 4.90 Å². The molecule has 0 radical (unpaired) electrons. The summed E-state index contributed by atoms with van der Waals surface area (Å²) in [5.41, 5.74) is 5.58. The Morgan fingerprint density at radius 3 is 2.82 bits per heavy atom. The van der Waals surface area contributed by atoms with Gasteiger partial charge in [-0.05, 0) is 30.7 Å². The van der Waals surface area contributed by atoms with Crippen LogP contribution in [0.15, 0.2) is 17.5 Å². The molecule has 4 heteroatoms. The molecule has 0 atom stereocenters. The third-order valence-corrected chi connectivity index (χ3v) is 4.48. The monoisotopic (exact) mass is 252 g/mol. The molecule has 2 N–H and O–H groups in total. The molecule has 0 aromatic carbocycles. The van der Waals surface area contributed by atoms with E-state index >= 15 is 0 Å². The van der Waals surface area contributed by atoms with Crippen LogP contribution in [0.3, 0.4) is 0 Å². The van der Waals surface area contributed by atoms with Gasteiger partial charge in [-0.3, -0.25) is 4.79 Å². The molecule has 1 saturated carbocycles. The highest BCUT2D eigenvalue weighted by Crippen LogP contribution is 2.28. The average molecular weight is 252 g/mol. The van der Waals surface area contributed by atoms with Gasteiger partial charge < -0.3 is 10.6 Å². The van der Waals surface area contributed by atoms with E-state index in [1.807, 2.05) is 13.1 Å². The summed E-state index contributed by atoms with van der Waals surface area (Å²) < 4.78 is 0. The van der Waals surface area contributed by atoms with Crippen molar-refractivity contribution in [1.29, 1.82) is 0 Å². The summed E-state index contributed by atoms with van der Waals surface area (Å²) in [5.74, 6) is 0.117. The topological polar surface area (TPSA) is 46.3 Å². The molecule has 2 rings (SSSR count). The molecule has 0 bridgehead atoms. The van der Waals surface area contributed by atoms with E-state index in [0.29, 0.717) is 0 Å².